The van der Waals surface area contributed by atoms with Gasteiger partial charge < -0.3 is 9.47 Å². The number of carbonyl (C=O) groups is 2. The van der Waals surface area contributed by atoms with Crippen LogP contribution in [0.25, 0.3) is 5.69 Å². The van der Waals surface area contributed by atoms with Gasteiger partial charge in [-0.3, -0.25) is 14.2 Å². The predicted octanol–water partition coefficient (Wildman–Crippen LogP) is 4.79. The number of benzene rings is 2. The van der Waals surface area contributed by atoms with Gasteiger partial charge in [0, 0.05) is 29.8 Å². The molecule has 6 heteroatoms. The van der Waals surface area contributed by atoms with Crippen LogP contribution >= 0.6 is 0 Å². The summed E-state index contributed by atoms with van der Waals surface area (Å²) in [5, 5.41) is 0. The van der Waals surface area contributed by atoms with Gasteiger partial charge in [0.2, 0.25) is 0 Å². The topological polar surface area (TPSA) is 74.6 Å². The van der Waals surface area contributed by atoms with Gasteiger partial charge in [-0.25, -0.2) is 4.79 Å². The highest BCUT2D eigenvalue weighted by molar-refractivity contribution is 6.01. The standard InChI is InChI=1S/C28H29NO5/c1-4-33-21-12-10-20(11-13-21)29-24-17-28(2,3)18-25(30)22(24)16-23(26(29)31)27(32)34-15-14-19-8-6-5-7-9-19/h5-13,16H,4,14-15,17-18H2,1-3H3. The van der Waals surface area contributed by atoms with E-state index >= 15 is 0 Å². The van der Waals surface area contributed by atoms with Gasteiger partial charge in [0.05, 0.1) is 13.2 Å². The number of Topliss-reactive ketones (excluding diaryl/α,β-unsaturated/α-hetero) is 1. The van der Waals surface area contributed by atoms with Crippen LogP contribution < -0.4 is 10.3 Å². The van der Waals surface area contributed by atoms with Gasteiger partial charge in [0.15, 0.2) is 5.78 Å². The first-order chi connectivity index (χ1) is 16.3. The van der Waals surface area contributed by atoms with Crippen LogP contribution in [0.15, 0.2) is 65.5 Å². The Kier molecular flexibility index (Phi) is 6.68. The molecule has 0 spiro atoms. The molecule has 3 aromatic rings. The van der Waals surface area contributed by atoms with Crippen molar-refractivity contribution in [3.8, 4) is 11.4 Å². The molecule has 1 aliphatic carbocycles. The van der Waals surface area contributed by atoms with Crippen LogP contribution in [-0.4, -0.2) is 29.5 Å². The second-order valence-corrected chi connectivity index (χ2v) is 9.30. The third kappa shape index (κ3) is 4.96. The first kappa shape index (κ1) is 23.5. The van der Waals surface area contributed by atoms with Crippen molar-refractivity contribution in [3.05, 3.63) is 93.4 Å². The lowest BCUT2D eigenvalue weighted by Crippen LogP contribution is -2.37. The molecule has 0 unspecified atom stereocenters. The highest BCUT2D eigenvalue weighted by atomic mass is 16.5. The molecule has 2 aromatic carbocycles. The first-order valence-electron chi connectivity index (χ1n) is 11.6. The zero-order valence-corrected chi connectivity index (χ0v) is 19.8. The lowest BCUT2D eigenvalue weighted by Gasteiger charge is -2.32. The minimum absolute atomic E-state index is 0.0794. The van der Waals surface area contributed by atoms with Gasteiger partial charge in [-0.05, 0) is 54.7 Å². The quantitative estimate of drug-likeness (QED) is 0.475. The zero-order chi connectivity index (χ0) is 24.3. The molecule has 0 saturated heterocycles. The number of hydrogen-bond donors (Lipinski definition) is 0. The Labute approximate surface area is 199 Å². The molecule has 0 aliphatic heterocycles. The number of hydrogen-bond acceptors (Lipinski definition) is 5. The number of ether oxygens (including phenoxy) is 2. The molecule has 6 nitrogen and oxygen atoms in total. The average Bonchev–Trinajstić information content (AvgIpc) is 2.80. The minimum atomic E-state index is -0.721. The van der Waals surface area contributed by atoms with E-state index in [4.69, 9.17) is 9.47 Å². The number of carbonyl (C=O) groups excluding carboxylic acids is 2. The molecular weight excluding hydrogens is 430 g/mol. The second-order valence-electron chi connectivity index (χ2n) is 9.30. The van der Waals surface area contributed by atoms with Gasteiger partial charge in [-0.1, -0.05) is 44.2 Å². The number of rotatable bonds is 7. The normalized spacial score (nSPS) is 14.4. The summed E-state index contributed by atoms with van der Waals surface area (Å²) in [5.41, 5.74) is 1.73. The molecule has 4 rings (SSSR count). The molecule has 1 aliphatic rings. The number of fused-ring (bicyclic) bond motifs is 1. The van der Waals surface area contributed by atoms with Crippen LogP contribution in [0.2, 0.25) is 0 Å². The van der Waals surface area contributed by atoms with Crippen molar-refractivity contribution in [3.63, 3.8) is 0 Å². The van der Waals surface area contributed by atoms with Crippen LogP contribution in [-0.2, 0) is 17.6 Å². The molecular formula is C28H29NO5. The maximum atomic E-state index is 13.6. The van der Waals surface area contributed by atoms with E-state index in [-0.39, 0.29) is 23.4 Å². The smallest absolute Gasteiger partial charge is 0.343 e. The van der Waals surface area contributed by atoms with Crippen LogP contribution in [0.1, 0.15) is 59.2 Å². The van der Waals surface area contributed by atoms with Crippen molar-refractivity contribution < 1.29 is 19.1 Å². The van der Waals surface area contributed by atoms with Crippen molar-refractivity contribution in [2.45, 2.75) is 40.0 Å². The van der Waals surface area contributed by atoms with Gasteiger partial charge in [0.25, 0.3) is 5.56 Å². The number of aromatic nitrogens is 1. The lowest BCUT2D eigenvalue weighted by atomic mass is 9.75. The summed E-state index contributed by atoms with van der Waals surface area (Å²) in [4.78, 5) is 39.5. The maximum Gasteiger partial charge on any atom is 0.343 e. The third-order valence-corrected chi connectivity index (χ3v) is 5.98. The van der Waals surface area contributed by atoms with Crippen LogP contribution in [0.3, 0.4) is 0 Å². The molecule has 0 radical (unpaired) electrons. The van der Waals surface area contributed by atoms with Crippen LogP contribution in [0.5, 0.6) is 5.75 Å². The van der Waals surface area contributed by atoms with E-state index in [1.165, 1.54) is 10.6 Å². The molecule has 0 saturated carbocycles. The van der Waals surface area contributed by atoms with E-state index < -0.39 is 11.5 Å². The van der Waals surface area contributed by atoms with Crippen molar-refractivity contribution in [1.82, 2.24) is 4.57 Å². The van der Waals surface area contributed by atoms with Crippen molar-refractivity contribution in [1.29, 1.82) is 0 Å². The van der Waals surface area contributed by atoms with Gasteiger partial charge in [0.1, 0.15) is 11.3 Å². The monoisotopic (exact) mass is 459 g/mol. The summed E-state index contributed by atoms with van der Waals surface area (Å²) in [5.74, 6) is -0.119. The molecule has 34 heavy (non-hydrogen) atoms. The summed E-state index contributed by atoms with van der Waals surface area (Å²) in [6.07, 6.45) is 1.43. The van der Waals surface area contributed by atoms with E-state index in [1.54, 1.807) is 24.3 Å². The Balaban J connectivity index is 1.72. The summed E-state index contributed by atoms with van der Waals surface area (Å²) in [7, 11) is 0. The maximum absolute atomic E-state index is 13.6. The van der Waals surface area contributed by atoms with Gasteiger partial charge in [-0.15, -0.1) is 0 Å². The van der Waals surface area contributed by atoms with Gasteiger partial charge >= 0.3 is 5.97 Å². The Morgan fingerprint density at radius 2 is 1.71 bits per heavy atom. The summed E-state index contributed by atoms with van der Waals surface area (Å²) in [6, 6.07) is 18.2. The van der Waals surface area contributed by atoms with Crippen LogP contribution in [0.4, 0.5) is 0 Å². The SMILES string of the molecule is CCOc1ccc(-n2c3c(cc(C(=O)OCCc4ccccc4)c2=O)C(=O)CC(C)(C)C3)cc1. The minimum Gasteiger partial charge on any atom is -0.494 e. The van der Waals surface area contributed by atoms with E-state index in [1.807, 2.05) is 51.1 Å². The van der Waals surface area contributed by atoms with Crippen molar-refractivity contribution in [2.24, 2.45) is 5.41 Å². The van der Waals surface area contributed by atoms with Crippen LogP contribution in [0, 0.1) is 5.41 Å². The van der Waals surface area contributed by atoms with Gasteiger partial charge in [-0.2, -0.15) is 0 Å². The average molecular weight is 460 g/mol. The largest absolute Gasteiger partial charge is 0.494 e. The zero-order valence-electron chi connectivity index (χ0n) is 19.8. The highest BCUT2D eigenvalue weighted by Gasteiger charge is 2.35. The molecule has 0 atom stereocenters. The Morgan fingerprint density at radius 1 is 1.00 bits per heavy atom. The Morgan fingerprint density at radius 3 is 2.38 bits per heavy atom. The molecule has 0 amide bonds. The van der Waals surface area contributed by atoms with E-state index in [2.05, 4.69) is 0 Å². The third-order valence-electron chi connectivity index (χ3n) is 5.98. The molecule has 176 valence electrons. The first-order valence-corrected chi connectivity index (χ1v) is 11.6. The fourth-order valence-corrected chi connectivity index (χ4v) is 4.38. The Hall–Kier alpha value is -3.67. The summed E-state index contributed by atoms with van der Waals surface area (Å²) >= 11 is 0. The fraction of sp³-hybridized carbons (Fsp3) is 0.321. The molecule has 0 fully saturated rings. The number of ketones is 1. The second kappa shape index (κ2) is 9.67. The number of nitrogens with zero attached hydrogens (tertiary/aromatic N) is 1. The summed E-state index contributed by atoms with van der Waals surface area (Å²) < 4.78 is 12.4. The molecule has 0 bridgehead atoms. The van der Waals surface area contributed by atoms with E-state index in [0.717, 1.165) is 5.56 Å². The Bertz CT molecular complexity index is 1260. The summed E-state index contributed by atoms with van der Waals surface area (Å²) in [6.45, 7) is 6.58. The molecule has 1 heterocycles. The molecule has 1 aromatic heterocycles. The number of esters is 1. The number of pyridine rings is 1. The highest BCUT2D eigenvalue weighted by Crippen LogP contribution is 2.35. The van der Waals surface area contributed by atoms with E-state index in [0.29, 0.717) is 48.6 Å². The lowest BCUT2D eigenvalue weighted by molar-refractivity contribution is 0.0506. The fourth-order valence-electron chi connectivity index (χ4n) is 4.38. The van der Waals surface area contributed by atoms with Crippen molar-refractivity contribution in [2.75, 3.05) is 13.2 Å². The predicted molar refractivity (Wildman–Crippen MR) is 130 cm³/mol. The van der Waals surface area contributed by atoms with E-state index in [9.17, 15) is 14.4 Å². The molecule has 0 N–H and O–H groups in total. The van der Waals surface area contributed by atoms with Crippen molar-refractivity contribution >= 4 is 11.8 Å².